The molecule has 0 radical (unpaired) electrons. The summed E-state index contributed by atoms with van der Waals surface area (Å²) in [5.41, 5.74) is 1.62. The Hall–Kier alpha value is -3.23. The quantitative estimate of drug-likeness (QED) is 0.455. The third-order valence-electron chi connectivity index (χ3n) is 4.44. The number of carbonyl (C=O) groups excluding carboxylic acids is 2. The van der Waals surface area contributed by atoms with Gasteiger partial charge >= 0.3 is 5.97 Å². The maximum absolute atomic E-state index is 13.2. The summed E-state index contributed by atoms with van der Waals surface area (Å²) in [4.78, 5) is 30.5. The van der Waals surface area contributed by atoms with E-state index in [0.717, 1.165) is 10.4 Å². The van der Waals surface area contributed by atoms with E-state index in [1.807, 2.05) is 29.6 Å². The number of nitrogens with one attached hydrogen (secondary N) is 1. The number of aromatic nitrogens is 3. The summed E-state index contributed by atoms with van der Waals surface area (Å²) >= 11 is 7.56. The number of esters is 1. The SMILES string of the molecule is CCOC(=O)c1cnn2c(C(=O)N[C@@H](c3ccc(Cl)cc3)c3cccs3)ccnc12. The van der Waals surface area contributed by atoms with E-state index < -0.39 is 5.97 Å². The molecule has 0 aliphatic rings. The Morgan fingerprint density at radius 2 is 2.03 bits per heavy atom. The summed E-state index contributed by atoms with van der Waals surface area (Å²) in [7, 11) is 0. The van der Waals surface area contributed by atoms with Gasteiger partial charge in [-0.3, -0.25) is 4.79 Å². The van der Waals surface area contributed by atoms with Crippen LogP contribution in [0.1, 0.15) is 44.3 Å². The zero-order valence-corrected chi connectivity index (χ0v) is 17.5. The van der Waals surface area contributed by atoms with E-state index in [9.17, 15) is 9.59 Å². The lowest BCUT2D eigenvalue weighted by Crippen LogP contribution is -2.30. The molecule has 0 aliphatic carbocycles. The molecule has 3 heterocycles. The second-order valence-electron chi connectivity index (χ2n) is 6.32. The molecule has 0 unspecified atom stereocenters. The molecule has 30 heavy (non-hydrogen) atoms. The minimum absolute atomic E-state index is 0.207. The van der Waals surface area contributed by atoms with Crippen molar-refractivity contribution in [1.29, 1.82) is 0 Å². The van der Waals surface area contributed by atoms with Crippen LogP contribution in [0.25, 0.3) is 5.65 Å². The molecule has 1 N–H and O–H groups in total. The van der Waals surface area contributed by atoms with Crippen molar-refractivity contribution in [2.45, 2.75) is 13.0 Å². The highest BCUT2D eigenvalue weighted by Gasteiger charge is 2.23. The summed E-state index contributed by atoms with van der Waals surface area (Å²) in [6, 6.07) is 12.4. The summed E-state index contributed by atoms with van der Waals surface area (Å²) in [5.74, 6) is -0.885. The molecule has 152 valence electrons. The lowest BCUT2D eigenvalue weighted by atomic mass is 10.1. The van der Waals surface area contributed by atoms with E-state index in [1.54, 1.807) is 36.5 Å². The molecule has 1 aromatic carbocycles. The number of rotatable bonds is 6. The van der Waals surface area contributed by atoms with Gasteiger partial charge in [-0.1, -0.05) is 29.8 Å². The average molecular weight is 441 g/mol. The van der Waals surface area contributed by atoms with Crippen molar-refractivity contribution in [2.75, 3.05) is 6.61 Å². The maximum atomic E-state index is 13.2. The predicted octanol–water partition coefficient (Wildman–Crippen LogP) is 4.14. The molecular weight excluding hydrogens is 424 g/mol. The van der Waals surface area contributed by atoms with Gasteiger partial charge < -0.3 is 10.1 Å². The zero-order valence-electron chi connectivity index (χ0n) is 15.9. The third-order valence-corrected chi connectivity index (χ3v) is 5.62. The number of ether oxygens (including phenoxy) is 1. The van der Waals surface area contributed by atoms with Crippen LogP contribution in [0.15, 0.2) is 60.2 Å². The van der Waals surface area contributed by atoms with E-state index in [4.69, 9.17) is 16.3 Å². The maximum Gasteiger partial charge on any atom is 0.343 e. The number of benzene rings is 1. The minimum Gasteiger partial charge on any atom is -0.462 e. The van der Waals surface area contributed by atoms with Crippen LogP contribution < -0.4 is 5.32 Å². The first-order valence-electron chi connectivity index (χ1n) is 9.18. The molecule has 9 heteroatoms. The summed E-state index contributed by atoms with van der Waals surface area (Å²) in [6.07, 6.45) is 2.82. The second-order valence-corrected chi connectivity index (χ2v) is 7.73. The molecule has 0 saturated heterocycles. The monoisotopic (exact) mass is 440 g/mol. The van der Waals surface area contributed by atoms with Gasteiger partial charge in [0.15, 0.2) is 5.65 Å². The summed E-state index contributed by atoms with van der Waals surface area (Å²) < 4.78 is 6.38. The van der Waals surface area contributed by atoms with Crippen LogP contribution in [0.4, 0.5) is 0 Å². The summed E-state index contributed by atoms with van der Waals surface area (Å²) in [6.45, 7) is 1.96. The molecule has 0 bridgehead atoms. The number of hydrogen-bond donors (Lipinski definition) is 1. The Labute approximate surface area is 181 Å². The van der Waals surface area contributed by atoms with Crippen LogP contribution in [0.5, 0.6) is 0 Å². The lowest BCUT2D eigenvalue weighted by molar-refractivity contribution is 0.0528. The van der Waals surface area contributed by atoms with Crippen molar-refractivity contribution in [1.82, 2.24) is 19.9 Å². The van der Waals surface area contributed by atoms with Gasteiger partial charge in [0.05, 0.1) is 18.8 Å². The highest BCUT2D eigenvalue weighted by atomic mass is 35.5. The van der Waals surface area contributed by atoms with Gasteiger partial charge in [0.2, 0.25) is 0 Å². The van der Waals surface area contributed by atoms with Crippen molar-refractivity contribution in [3.05, 3.63) is 87.0 Å². The van der Waals surface area contributed by atoms with Crippen LogP contribution in [-0.4, -0.2) is 33.1 Å². The Bertz CT molecular complexity index is 1190. The fourth-order valence-electron chi connectivity index (χ4n) is 3.05. The molecule has 0 saturated carbocycles. The van der Waals surface area contributed by atoms with Gasteiger partial charge in [-0.15, -0.1) is 11.3 Å². The Morgan fingerprint density at radius 3 is 2.73 bits per heavy atom. The van der Waals surface area contributed by atoms with E-state index in [2.05, 4.69) is 15.4 Å². The van der Waals surface area contributed by atoms with Gasteiger partial charge in [0.1, 0.15) is 11.3 Å². The van der Waals surface area contributed by atoms with Crippen LogP contribution >= 0.6 is 22.9 Å². The topological polar surface area (TPSA) is 85.6 Å². The molecule has 1 amide bonds. The van der Waals surface area contributed by atoms with E-state index in [1.165, 1.54) is 16.9 Å². The molecular formula is C21H17ClN4O3S. The summed E-state index contributed by atoms with van der Waals surface area (Å²) in [5, 5.41) is 9.80. The van der Waals surface area contributed by atoms with E-state index in [-0.39, 0.29) is 35.5 Å². The normalized spacial score (nSPS) is 11.9. The zero-order chi connectivity index (χ0) is 21.1. The highest BCUT2D eigenvalue weighted by Crippen LogP contribution is 2.27. The first-order chi connectivity index (χ1) is 14.6. The van der Waals surface area contributed by atoms with Crippen molar-refractivity contribution >= 4 is 40.5 Å². The van der Waals surface area contributed by atoms with Crippen LogP contribution in [0, 0.1) is 0 Å². The molecule has 1 atom stereocenters. The number of hydrogen-bond acceptors (Lipinski definition) is 6. The molecule has 0 aliphatic heterocycles. The van der Waals surface area contributed by atoms with Gasteiger partial charge in [-0.2, -0.15) is 5.10 Å². The fraction of sp³-hybridized carbons (Fsp3) is 0.143. The van der Waals surface area contributed by atoms with Gasteiger partial charge in [-0.25, -0.2) is 14.3 Å². The Morgan fingerprint density at radius 1 is 1.23 bits per heavy atom. The van der Waals surface area contributed by atoms with Gasteiger partial charge in [0.25, 0.3) is 5.91 Å². The van der Waals surface area contributed by atoms with Crippen molar-refractivity contribution in [3.8, 4) is 0 Å². The first kappa shape index (κ1) is 20.1. The third kappa shape index (κ3) is 3.92. The number of nitrogens with zero attached hydrogens (tertiary/aromatic N) is 3. The smallest absolute Gasteiger partial charge is 0.343 e. The molecule has 0 spiro atoms. The lowest BCUT2D eigenvalue weighted by Gasteiger charge is -2.18. The van der Waals surface area contributed by atoms with Crippen molar-refractivity contribution < 1.29 is 14.3 Å². The standard InChI is InChI=1S/C21H17ClN4O3S/c1-2-29-21(28)15-12-24-26-16(9-10-23-19(15)26)20(27)25-18(17-4-3-11-30-17)13-5-7-14(22)8-6-13/h3-12,18H,2H2,1H3,(H,25,27)/t18-/m0/s1. The fourth-order valence-corrected chi connectivity index (χ4v) is 3.98. The van der Waals surface area contributed by atoms with Crippen LogP contribution in [0.3, 0.4) is 0 Å². The van der Waals surface area contributed by atoms with Gasteiger partial charge in [0, 0.05) is 16.1 Å². The highest BCUT2D eigenvalue weighted by molar-refractivity contribution is 7.10. The van der Waals surface area contributed by atoms with Crippen molar-refractivity contribution in [2.24, 2.45) is 0 Å². The largest absolute Gasteiger partial charge is 0.462 e. The number of amides is 1. The second kappa shape index (κ2) is 8.64. The molecule has 4 aromatic rings. The number of carbonyl (C=O) groups is 2. The molecule has 3 aromatic heterocycles. The first-order valence-corrected chi connectivity index (χ1v) is 10.4. The van der Waals surface area contributed by atoms with Gasteiger partial charge in [-0.05, 0) is 42.1 Å². The molecule has 0 fully saturated rings. The van der Waals surface area contributed by atoms with E-state index >= 15 is 0 Å². The minimum atomic E-state index is -0.532. The predicted molar refractivity (Wildman–Crippen MR) is 114 cm³/mol. The molecule has 7 nitrogen and oxygen atoms in total. The number of thiophene rings is 1. The van der Waals surface area contributed by atoms with Crippen molar-refractivity contribution in [3.63, 3.8) is 0 Å². The van der Waals surface area contributed by atoms with E-state index in [0.29, 0.717) is 5.02 Å². The Kier molecular flexibility index (Phi) is 5.78. The Balaban J connectivity index is 1.69. The number of halogens is 1. The molecule has 4 rings (SSSR count). The average Bonchev–Trinajstić information content (AvgIpc) is 3.42. The number of fused-ring (bicyclic) bond motifs is 1. The van der Waals surface area contributed by atoms with Crippen LogP contribution in [0.2, 0.25) is 5.02 Å². The van der Waals surface area contributed by atoms with Crippen LogP contribution in [-0.2, 0) is 4.74 Å².